The fourth-order valence-corrected chi connectivity index (χ4v) is 3.24. The molecular formula is C20H26ClN3. The summed E-state index contributed by atoms with van der Waals surface area (Å²) in [6.07, 6.45) is 3.03. The number of aromatic nitrogens is 2. The van der Waals surface area contributed by atoms with Crippen molar-refractivity contribution in [3.8, 4) is 0 Å². The Morgan fingerprint density at radius 1 is 1.12 bits per heavy atom. The van der Waals surface area contributed by atoms with Crippen molar-refractivity contribution in [2.24, 2.45) is 0 Å². The van der Waals surface area contributed by atoms with E-state index in [-0.39, 0.29) is 12.4 Å². The third-order valence-electron chi connectivity index (χ3n) is 4.54. The monoisotopic (exact) mass is 343 g/mol. The highest BCUT2D eigenvalue weighted by Gasteiger charge is 2.14. The molecule has 0 bridgehead atoms. The molecular weight excluding hydrogens is 318 g/mol. The summed E-state index contributed by atoms with van der Waals surface area (Å²) >= 11 is 0. The SMILES string of the molecule is CCCn1c(C)c(C)c2ccnc(NCc3cccc(C)c3)c21.Cl. The van der Waals surface area contributed by atoms with Gasteiger partial charge in [-0.3, -0.25) is 0 Å². The number of anilines is 1. The van der Waals surface area contributed by atoms with Gasteiger partial charge in [-0.1, -0.05) is 36.8 Å². The molecule has 0 amide bonds. The van der Waals surface area contributed by atoms with Gasteiger partial charge in [0.25, 0.3) is 0 Å². The highest BCUT2D eigenvalue weighted by atomic mass is 35.5. The Morgan fingerprint density at radius 2 is 1.92 bits per heavy atom. The van der Waals surface area contributed by atoms with Crippen LogP contribution < -0.4 is 5.32 Å². The largest absolute Gasteiger partial charge is 0.364 e. The van der Waals surface area contributed by atoms with Crippen LogP contribution in [0, 0.1) is 20.8 Å². The zero-order valence-corrected chi connectivity index (χ0v) is 15.7. The lowest BCUT2D eigenvalue weighted by Gasteiger charge is -2.12. The fourth-order valence-electron chi connectivity index (χ4n) is 3.24. The van der Waals surface area contributed by atoms with E-state index >= 15 is 0 Å². The predicted molar refractivity (Wildman–Crippen MR) is 105 cm³/mol. The Morgan fingerprint density at radius 3 is 2.62 bits per heavy atom. The standard InChI is InChI=1S/C20H25N3.ClH/c1-5-11-23-16(4)15(3)18-9-10-21-20(19(18)23)22-13-17-8-6-7-14(2)12-17;/h6-10,12H,5,11,13H2,1-4H3,(H,21,22);1H. The van der Waals surface area contributed by atoms with E-state index in [4.69, 9.17) is 0 Å². The van der Waals surface area contributed by atoms with Crippen molar-refractivity contribution in [1.82, 2.24) is 9.55 Å². The third-order valence-corrected chi connectivity index (χ3v) is 4.54. The molecule has 3 aromatic rings. The molecule has 0 unspecified atom stereocenters. The molecule has 2 aromatic heterocycles. The number of nitrogens with one attached hydrogen (secondary N) is 1. The summed E-state index contributed by atoms with van der Waals surface area (Å²) in [6, 6.07) is 10.7. The first-order valence-corrected chi connectivity index (χ1v) is 8.35. The van der Waals surface area contributed by atoms with Crippen LogP contribution in [0.1, 0.15) is 35.7 Å². The van der Waals surface area contributed by atoms with Gasteiger partial charge >= 0.3 is 0 Å². The Hall–Kier alpha value is -2.00. The van der Waals surface area contributed by atoms with E-state index in [0.717, 1.165) is 25.3 Å². The lowest BCUT2D eigenvalue weighted by Crippen LogP contribution is -2.06. The summed E-state index contributed by atoms with van der Waals surface area (Å²) in [7, 11) is 0. The molecule has 0 fully saturated rings. The van der Waals surface area contributed by atoms with Gasteiger partial charge < -0.3 is 9.88 Å². The molecule has 1 aromatic carbocycles. The van der Waals surface area contributed by atoms with E-state index in [9.17, 15) is 0 Å². The van der Waals surface area contributed by atoms with Crippen molar-refractivity contribution in [1.29, 1.82) is 0 Å². The molecule has 0 aliphatic rings. The zero-order chi connectivity index (χ0) is 16.4. The van der Waals surface area contributed by atoms with E-state index < -0.39 is 0 Å². The molecule has 0 aliphatic carbocycles. The minimum atomic E-state index is 0. The van der Waals surface area contributed by atoms with Gasteiger partial charge in [0.2, 0.25) is 0 Å². The summed E-state index contributed by atoms with van der Waals surface area (Å²) in [4.78, 5) is 4.61. The number of hydrogen-bond acceptors (Lipinski definition) is 2. The molecule has 0 saturated carbocycles. The third kappa shape index (κ3) is 3.41. The molecule has 0 radical (unpaired) electrons. The number of halogens is 1. The maximum Gasteiger partial charge on any atom is 0.150 e. The van der Waals surface area contributed by atoms with E-state index in [1.807, 2.05) is 6.20 Å². The van der Waals surface area contributed by atoms with Crippen LogP contribution in [0.3, 0.4) is 0 Å². The Labute approximate surface area is 150 Å². The van der Waals surface area contributed by atoms with Gasteiger partial charge in [0.05, 0.1) is 5.52 Å². The molecule has 0 saturated heterocycles. The quantitative estimate of drug-likeness (QED) is 0.671. The summed E-state index contributed by atoms with van der Waals surface area (Å²) in [5, 5.41) is 4.84. The van der Waals surface area contributed by atoms with Crippen molar-refractivity contribution in [3.05, 3.63) is 58.9 Å². The van der Waals surface area contributed by atoms with Gasteiger partial charge in [0.1, 0.15) is 0 Å². The van der Waals surface area contributed by atoms with E-state index in [0.29, 0.717) is 0 Å². The van der Waals surface area contributed by atoms with Crippen LogP contribution in [0.5, 0.6) is 0 Å². The van der Waals surface area contributed by atoms with Crippen LogP contribution in [0.15, 0.2) is 36.5 Å². The molecule has 0 atom stereocenters. The first kappa shape index (κ1) is 18.3. The molecule has 0 aliphatic heterocycles. The number of aryl methyl sites for hydroxylation is 3. The van der Waals surface area contributed by atoms with Crippen molar-refractivity contribution in [3.63, 3.8) is 0 Å². The fraction of sp³-hybridized carbons (Fsp3) is 0.350. The average molecular weight is 344 g/mol. The highest BCUT2D eigenvalue weighted by molar-refractivity contribution is 5.93. The Bertz CT molecular complexity index is 836. The summed E-state index contributed by atoms with van der Waals surface area (Å²) in [5.74, 6) is 0.980. The second kappa shape index (κ2) is 7.71. The van der Waals surface area contributed by atoms with Gasteiger partial charge in [-0.15, -0.1) is 12.4 Å². The minimum absolute atomic E-state index is 0. The smallest absolute Gasteiger partial charge is 0.150 e. The number of rotatable bonds is 5. The summed E-state index contributed by atoms with van der Waals surface area (Å²) < 4.78 is 2.40. The molecule has 128 valence electrons. The van der Waals surface area contributed by atoms with E-state index in [2.05, 4.69) is 72.9 Å². The van der Waals surface area contributed by atoms with Crippen molar-refractivity contribution < 1.29 is 0 Å². The zero-order valence-electron chi connectivity index (χ0n) is 14.9. The topological polar surface area (TPSA) is 29.9 Å². The Kier molecular flexibility index (Phi) is 5.89. The van der Waals surface area contributed by atoms with Gasteiger partial charge in [-0.2, -0.15) is 0 Å². The number of fused-ring (bicyclic) bond motifs is 1. The van der Waals surface area contributed by atoms with Gasteiger partial charge in [0.15, 0.2) is 5.82 Å². The van der Waals surface area contributed by atoms with Gasteiger partial charge in [-0.25, -0.2) is 4.98 Å². The van der Waals surface area contributed by atoms with Crippen molar-refractivity contribution >= 4 is 29.1 Å². The maximum atomic E-state index is 4.61. The van der Waals surface area contributed by atoms with Crippen LogP contribution in [-0.2, 0) is 13.1 Å². The van der Waals surface area contributed by atoms with Crippen molar-refractivity contribution in [2.45, 2.75) is 47.2 Å². The average Bonchev–Trinajstić information content (AvgIpc) is 2.79. The van der Waals surface area contributed by atoms with E-state index in [1.54, 1.807) is 0 Å². The molecule has 2 heterocycles. The number of benzene rings is 1. The first-order chi connectivity index (χ1) is 11.1. The molecule has 3 rings (SSSR count). The second-order valence-corrected chi connectivity index (χ2v) is 6.26. The van der Waals surface area contributed by atoms with Crippen LogP contribution >= 0.6 is 12.4 Å². The maximum absolute atomic E-state index is 4.61. The summed E-state index contributed by atoms with van der Waals surface area (Å²) in [6.45, 7) is 10.6. The molecule has 1 N–H and O–H groups in total. The molecule has 4 heteroatoms. The number of nitrogens with zero attached hydrogens (tertiary/aromatic N) is 2. The Balaban J connectivity index is 0.00000208. The van der Waals surface area contributed by atoms with E-state index in [1.165, 1.54) is 33.3 Å². The van der Waals surface area contributed by atoms with Crippen molar-refractivity contribution in [2.75, 3.05) is 5.32 Å². The van der Waals surface area contributed by atoms with Crippen LogP contribution in [0.4, 0.5) is 5.82 Å². The molecule has 3 nitrogen and oxygen atoms in total. The van der Waals surface area contributed by atoms with Gasteiger partial charge in [0, 0.05) is 30.4 Å². The lowest BCUT2D eigenvalue weighted by molar-refractivity contribution is 0.683. The van der Waals surface area contributed by atoms with Gasteiger partial charge in [-0.05, 0) is 44.4 Å². The summed E-state index contributed by atoms with van der Waals surface area (Å²) in [5.41, 5.74) is 6.50. The minimum Gasteiger partial charge on any atom is -0.364 e. The highest BCUT2D eigenvalue weighted by Crippen LogP contribution is 2.30. The number of hydrogen-bond donors (Lipinski definition) is 1. The normalized spacial score (nSPS) is 10.7. The first-order valence-electron chi connectivity index (χ1n) is 8.35. The number of pyridine rings is 1. The lowest BCUT2D eigenvalue weighted by atomic mass is 10.1. The predicted octanol–water partition coefficient (Wildman–Crippen LogP) is 5.41. The van der Waals surface area contributed by atoms with Crippen LogP contribution in [-0.4, -0.2) is 9.55 Å². The second-order valence-electron chi connectivity index (χ2n) is 6.26. The molecule has 24 heavy (non-hydrogen) atoms. The van der Waals surface area contributed by atoms with Crippen LogP contribution in [0.2, 0.25) is 0 Å². The van der Waals surface area contributed by atoms with Crippen LogP contribution in [0.25, 0.3) is 10.9 Å². The molecule has 0 spiro atoms.